The van der Waals surface area contributed by atoms with E-state index < -0.39 is 11.7 Å². The molecule has 3 aromatic rings. The second-order valence-corrected chi connectivity index (χ2v) is 8.68. The number of amides is 2. The number of phenols is 1. The average Bonchev–Trinajstić information content (AvgIpc) is 3.02. The molecule has 2 N–H and O–H groups in total. The van der Waals surface area contributed by atoms with Gasteiger partial charge in [0.2, 0.25) is 0 Å². The number of carbonyl (C=O) groups is 2. The molecule has 0 atom stereocenters. The fourth-order valence-corrected chi connectivity index (χ4v) is 3.85. The minimum Gasteiger partial charge on any atom is -0.507 e. The first-order valence-electron chi connectivity index (χ1n) is 10.2. The molecule has 1 aliphatic heterocycles. The third-order valence-corrected chi connectivity index (χ3v) is 5.21. The molecule has 1 aromatic heterocycles. The van der Waals surface area contributed by atoms with Gasteiger partial charge in [-0.2, -0.15) is 5.10 Å². The molecule has 2 heterocycles. The molecule has 0 radical (unpaired) electrons. The maximum Gasteiger partial charge on any atom is 0.410 e. The topological polar surface area (TPSA) is 96.7 Å². The van der Waals surface area contributed by atoms with Crippen LogP contribution in [-0.4, -0.2) is 43.9 Å². The zero-order chi connectivity index (χ0) is 22.3. The van der Waals surface area contributed by atoms with Crippen LogP contribution in [0, 0.1) is 0 Å². The normalized spacial score (nSPS) is 13.7. The molecular formula is C23H26N4O4. The van der Waals surface area contributed by atoms with E-state index in [4.69, 9.17) is 4.74 Å². The number of fused-ring (bicyclic) bond motifs is 2. The highest BCUT2D eigenvalue weighted by Crippen LogP contribution is 2.31. The molecule has 0 saturated carbocycles. The van der Waals surface area contributed by atoms with Crippen molar-refractivity contribution in [3.05, 3.63) is 53.3 Å². The summed E-state index contributed by atoms with van der Waals surface area (Å²) in [7, 11) is 1.72. The lowest BCUT2D eigenvalue weighted by Crippen LogP contribution is -2.40. The SMILES string of the molecule is Cn1nc2c(c1C(=O)Nc1cccc3c(O)cccc13)CN(C(=O)OC(C)(C)C)CC2. The highest BCUT2D eigenvalue weighted by molar-refractivity contribution is 6.10. The number of aryl methyl sites for hydroxylation is 1. The van der Waals surface area contributed by atoms with Gasteiger partial charge in [0.25, 0.3) is 5.91 Å². The van der Waals surface area contributed by atoms with Crippen molar-refractivity contribution in [2.75, 3.05) is 11.9 Å². The first kappa shape index (κ1) is 20.7. The summed E-state index contributed by atoms with van der Waals surface area (Å²) in [4.78, 5) is 27.4. The third-order valence-electron chi connectivity index (χ3n) is 5.21. The lowest BCUT2D eigenvalue weighted by atomic mass is 10.0. The summed E-state index contributed by atoms with van der Waals surface area (Å²) in [6.45, 7) is 6.22. The Morgan fingerprint density at radius 2 is 1.84 bits per heavy atom. The van der Waals surface area contributed by atoms with Crippen molar-refractivity contribution in [1.29, 1.82) is 0 Å². The molecule has 31 heavy (non-hydrogen) atoms. The van der Waals surface area contributed by atoms with E-state index in [9.17, 15) is 14.7 Å². The van der Waals surface area contributed by atoms with Gasteiger partial charge in [0.15, 0.2) is 0 Å². The van der Waals surface area contributed by atoms with Crippen molar-refractivity contribution < 1.29 is 19.4 Å². The van der Waals surface area contributed by atoms with Crippen LogP contribution in [0.15, 0.2) is 36.4 Å². The molecule has 0 saturated heterocycles. The van der Waals surface area contributed by atoms with Crippen LogP contribution in [0.3, 0.4) is 0 Å². The van der Waals surface area contributed by atoms with E-state index in [0.29, 0.717) is 29.7 Å². The molecule has 8 nitrogen and oxygen atoms in total. The van der Waals surface area contributed by atoms with E-state index in [1.165, 1.54) is 0 Å². The van der Waals surface area contributed by atoms with Gasteiger partial charge in [-0.3, -0.25) is 9.48 Å². The molecule has 0 spiro atoms. The molecule has 0 unspecified atom stereocenters. The van der Waals surface area contributed by atoms with Crippen LogP contribution < -0.4 is 5.32 Å². The summed E-state index contributed by atoms with van der Waals surface area (Å²) in [6.07, 6.45) is 0.149. The Morgan fingerprint density at radius 3 is 2.58 bits per heavy atom. The zero-order valence-corrected chi connectivity index (χ0v) is 18.1. The second-order valence-electron chi connectivity index (χ2n) is 8.68. The maximum atomic E-state index is 13.2. The lowest BCUT2D eigenvalue weighted by Gasteiger charge is -2.29. The second kappa shape index (κ2) is 7.61. The van der Waals surface area contributed by atoms with E-state index in [0.717, 1.165) is 16.6 Å². The molecule has 2 aromatic carbocycles. The summed E-state index contributed by atoms with van der Waals surface area (Å²) >= 11 is 0. The summed E-state index contributed by atoms with van der Waals surface area (Å²) in [5.74, 6) is -0.169. The molecular weight excluding hydrogens is 396 g/mol. The molecule has 1 aliphatic rings. The van der Waals surface area contributed by atoms with Gasteiger partial charge in [0.05, 0.1) is 12.2 Å². The number of benzene rings is 2. The maximum absolute atomic E-state index is 13.2. The van der Waals surface area contributed by atoms with E-state index in [2.05, 4.69) is 10.4 Å². The van der Waals surface area contributed by atoms with Crippen molar-refractivity contribution in [2.24, 2.45) is 7.05 Å². The fraction of sp³-hybridized carbons (Fsp3) is 0.348. The van der Waals surface area contributed by atoms with Crippen molar-refractivity contribution in [2.45, 2.75) is 39.3 Å². The first-order chi connectivity index (χ1) is 14.6. The zero-order valence-electron chi connectivity index (χ0n) is 18.1. The van der Waals surface area contributed by atoms with Gasteiger partial charge in [-0.25, -0.2) is 4.79 Å². The Labute approximate surface area is 180 Å². The third kappa shape index (κ3) is 4.05. The van der Waals surface area contributed by atoms with Crippen molar-refractivity contribution >= 4 is 28.5 Å². The molecule has 0 aliphatic carbocycles. The van der Waals surface area contributed by atoms with Crippen molar-refractivity contribution in [1.82, 2.24) is 14.7 Å². The van der Waals surface area contributed by atoms with Crippen molar-refractivity contribution in [3.63, 3.8) is 0 Å². The van der Waals surface area contributed by atoms with Crippen LogP contribution in [-0.2, 0) is 24.8 Å². The molecule has 4 rings (SSSR count). The summed E-state index contributed by atoms with van der Waals surface area (Å²) in [6, 6.07) is 10.5. The van der Waals surface area contributed by atoms with Crippen LogP contribution in [0.25, 0.3) is 10.8 Å². The average molecular weight is 422 g/mol. The number of hydrogen-bond acceptors (Lipinski definition) is 5. The summed E-state index contributed by atoms with van der Waals surface area (Å²) < 4.78 is 7.05. The number of ether oxygens (including phenoxy) is 1. The van der Waals surface area contributed by atoms with E-state index in [1.807, 2.05) is 26.8 Å². The van der Waals surface area contributed by atoms with Crippen molar-refractivity contribution in [3.8, 4) is 5.75 Å². The molecule has 0 fully saturated rings. The largest absolute Gasteiger partial charge is 0.507 e. The van der Waals surface area contributed by atoms with Crippen LogP contribution >= 0.6 is 0 Å². The summed E-state index contributed by atoms with van der Waals surface area (Å²) in [5.41, 5.74) is 1.93. The number of aromatic nitrogens is 2. The van der Waals surface area contributed by atoms with Gasteiger partial charge < -0.3 is 20.1 Å². The van der Waals surface area contributed by atoms with Gasteiger partial charge in [-0.05, 0) is 32.9 Å². The molecule has 8 heteroatoms. The highest BCUT2D eigenvalue weighted by atomic mass is 16.6. The number of nitrogens with zero attached hydrogens (tertiary/aromatic N) is 3. The predicted molar refractivity (Wildman–Crippen MR) is 117 cm³/mol. The minimum atomic E-state index is -0.591. The molecule has 2 amide bonds. The Kier molecular flexibility index (Phi) is 5.08. The van der Waals surface area contributed by atoms with Gasteiger partial charge in [-0.1, -0.05) is 24.3 Å². The number of nitrogens with one attached hydrogen (secondary N) is 1. The van der Waals surface area contributed by atoms with Crippen LogP contribution in [0.5, 0.6) is 5.75 Å². The number of anilines is 1. The van der Waals surface area contributed by atoms with Gasteiger partial charge in [-0.15, -0.1) is 0 Å². The Balaban J connectivity index is 1.62. The first-order valence-corrected chi connectivity index (χ1v) is 10.2. The Bertz CT molecular complexity index is 1180. The van der Waals surface area contributed by atoms with E-state index in [1.54, 1.807) is 47.0 Å². The predicted octanol–water partition coefficient (Wildman–Crippen LogP) is 3.82. The minimum absolute atomic E-state index is 0.152. The van der Waals surface area contributed by atoms with E-state index in [-0.39, 0.29) is 18.2 Å². The Morgan fingerprint density at radius 1 is 1.13 bits per heavy atom. The van der Waals surface area contributed by atoms with Gasteiger partial charge in [0, 0.05) is 42.0 Å². The number of rotatable bonds is 2. The van der Waals surface area contributed by atoms with Gasteiger partial charge >= 0.3 is 6.09 Å². The fourth-order valence-electron chi connectivity index (χ4n) is 3.85. The number of hydrogen-bond donors (Lipinski definition) is 2. The van der Waals surface area contributed by atoms with E-state index >= 15 is 0 Å². The monoisotopic (exact) mass is 422 g/mol. The molecule has 0 bridgehead atoms. The van der Waals surface area contributed by atoms with Crippen LogP contribution in [0.2, 0.25) is 0 Å². The number of phenolic OH excluding ortho intramolecular Hbond substituents is 1. The van der Waals surface area contributed by atoms with Crippen LogP contribution in [0.4, 0.5) is 10.5 Å². The van der Waals surface area contributed by atoms with Crippen LogP contribution in [0.1, 0.15) is 42.5 Å². The number of aromatic hydroxyl groups is 1. The van der Waals surface area contributed by atoms with Gasteiger partial charge in [0.1, 0.15) is 17.0 Å². The molecule has 162 valence electrons. The lowest BCUT2D eigenvalue weighted by molar-refractivity contribution is 0.0222. The number of carbonyl (C=O) groups excluding carboxylic acids is 2. The smallest absolute Gasteiger partial charge is 0.410 e. The highest BCUT2D eigenvalue weighted by Gasteiger charge is 2.31. The summed E-state index contributed by atoms with van der Waals surface area (Å²) in [5, 5.41) is 18.9. The standard InChI is InChI=1S/C23H26N4O4/c1-23(2,3)31-22(30)27-12-11-18-16(13-27)20(26(4)25-18)21(29)24-17-9-5-8-15-14(17)7-6-10-19(15)28/h5-10,28H,11-13H2,1-4H3,(H,24,29). The Hall–Kier alpha value is -3.55. The quantitative estimate of drug-likeness (QED) is 0.654.